The molecule has 2 amide bonds. The Kier molecular flexibility index (Phi) is 8.54. The van der Waals surface area contributed by atoms with Crippen molar-refractivity contribution in [2.24, 2.45) is 11.7 Å². The number of nitrogens with one attached hydrogen (secondary N) is 1. The van der Waals surface area contributed by atoms with Crippen molar-refractivity contribution in [2.45, 2.75) is 83.3 Å². The number of rotatable bonds is 9. The van der Waals surface area contributed by atoms with Gasteiger partial charge in [0.15, 0.2) is 0 Å². The van der Waals surface area contributed by atoms with Gasteiger partial charge >= 0.3 is 17.9 Å². The van der Waals surface area contributed by atoms with Crippen LogP contribution < -0.4 is 16.6 Å². The van der Waals surface area contributed by atoms with Gasteiger partial charge in [0.25, 0.3) is 5.56 Å². The van der Waals surface area contributed by atoms with Crippen molar-refractivity contribution in [1.82, 2.24) is 19.8 Å². The van der Waals surface area contributed by atoms with Crippen LogP contribution in [0.4, 0.5) is 0 Å². The van der Waals surface area contributed by atoms with E-state index in [1.807, 2.05) is 30.3 Å². The number of aliphatic carboxylic acids is 1. The Morgan fingerprint density at radius 3 is 2.65 bits per heavy atom. The molecule has 0 aliphatic carbocycles. The van der Waals surface area contributed by atoms with Gasteiger partial charge in [-0.3, -0.25) is 19.2 Å². The number of benzene rings is 1. The zero-order valence-electron chi connectivity index (χ0n) is 26.9. The number of pyridine rings is 2. The Morgan fingerprint density at radius 1 is 1.19 bits per heavy atom. The topological polar surface area (TPSA) is 200 Å². The number of carbonyl (C=O) groups is 5. The Hall–Kier alpha value is -5.11. The van der Waals surface area contributed by atoms with Gasteiger partial charge in [-0.2, -0.15) is 0 Å². The number of para-hydroxylation sites is 1. The van der Waals surface area contributed by atoms with E-state index in [1.54, 1.807) is 31.4 Å². The van der Waals surface area contributed by atoms with Crippen molar-refractivity contribution in [1.29, 1.82) is 0 Å². The minimum absolute atomic E-state index is 0.0589. The molecule has 1 aromatic carbocycles. The predicted octanol–water partition coefficient (Wildman–Crippen LogP) is 1.56. The molecule has 2 aromatic heterocycles. The van der Waals surface area contributed by atoms with E-state index in [0.29, 0.717) is 17.8 Å². The van der Waals surface area contributed by atoms with Crippen LogP contribution in [0.5, 0.6) is 0 Å². The quantitative estimate of drug-likeness (QED) is 0.220. The number of aromatic nitrogens is 2. The second-order valence-electron chi connectivity index (χ2n) is 12.8. The number of carboxylic acids is 1. The summed E-state index contributed by atoms with van der Waals surface area (Å²) in [7, 11) is 0. The summed E-state index contributed by atoms with van der Waals surface area (Å²) >= 11 is 0. The molecule has 6 rings (SSSR count). The Balaban J connectivity index is 1.30. The minimum Gasteiger partial charge on any atom is -0.481 e. The molecule has 1 saturated heterocycles. The van der Waals surface area contributed by atoms with Crippen molar-refractivity contribution in [3.63, 3.8) is 0 Å². The van der Waals surface area contributed by atoms with Gasteiger partial charge in [0.1, 0.15) is 18.7 Å². The van der Waals surface area contributed by atoms with Gasteiger partial charge in [-0.25, -0.2) is 14.6 Å². The summed E-state index contributed by atoms with van der Waals surface area (Å²) in [6.07, 6.45) is 0.119. The molecule has 4 N–H and O–H groups in total. The van der Waals surface area contributed by atoms with Crippen LogP contribution >= 0.6 is 0 Å². The van der Waals surface area contributed by atoms with Gasteiger partial charge in [0, 0.05) is 23.1 Å². The summed E-state index contributed by atoms with van der Waals surface area (Å²) in [5.41, 5.74) is 6.49. The SMILES string of the molecule is CC[C@@]1(OC(=O)[C@@H](NC(=O)[C@@H]2CCCN2C(=O)[C@@H](N)CC(=O)O)C(C)C)C(=O)OCc2c1cc1n(c2=O)Cc2cc3ccccc3nc2-1. The van der Waals surface area contributed by atoms with E-state index in [9.17, 15) is 28.8 Å². The van der Waals surface area contributed by atoms with Crippen molar-refractivity contribution in [3.8, 4) is 11.4 Å². The molecule has 0 radical (unpaired) electrons. The lowest BCUT2D eigenvalue weighted by atomic mass is 9.85. The maximum Gasteiger partial charge on any atom is 0.355 e. The third-order valence-electron chi connectivity index (χ3n) is 9.43. The summed E-state index contributed by atoms with van der Waals surface area (Å²) in [4.78, 5) is 84.9. The summed E-state index contributed by atoms with van der Waals surface area (Å²) in [6.45, 7) is 5.20. The van der Waals surface area contributed by atoms with Crippen LogP contribution in [0, 0.1) is 5.92 Å². The van der Waals surface area contributed by atoms with Crippen molar-refractivity contribution in [2.75, 3.05) is 6.54 Å². The van der Waals surface area contributed by atoms with E-state index >= 15 is 0 Å². The number of ether oxygens (including phenoxy) is 2. The standard InChI is InChI=1S/C34H37N5O9/c1-4-34(48-32(45)27(17(2)3)37-29(42)24-10-7-11-38(24)31(44)22(35)14-26(40)41)21-13-25-28-19(12-18-8-5-6-9-23(18)36-28)15-39(25)30(43)20(21)16-47-33(34)46/h5-6,8-9,12-13,17,22,24,27H,4,7,10-11,14-16,35H2,1-3H3,(H,37,42)(H,40,41)/t22-,24-,27-,34-/m0/s1. The van der Waals surface area contributed by atoms with Gasteiger partial charge < -0.3 is 35.1 Å². The lowest BCUT2D eigenvalue weighted by Crippen LogP contribution is -2.56. The maximum absolute atomic E-state index is 13.9. The van der Waals surface area contributed by atoms with Crippen LogP contribution in [-0.4, -0.2) is 74.0 Å². The second-order valence-corrected chi connectivity index (χ2v) is 12.8. The van der Waals surface area contributed by atoms with Crippen molar-refractivity contribution < 1.29 is 38.6 Å². The lowest BCUT2D eigenvalue weighted by molar-refractivity contribution is -0.191. The molecule has 5 heterocycles. The number of nitrogens with two attached hydrogens (primary N) is 1. The highest BCUT2D eigenvalue weighted by molar-refractivity contribution is 5.95. The molecule has 1 fully saturated rings. The molecule has 0 spiro atoms. The summed E-state index contributed by atoms with van der Waals surface area (Å²) in [6, 6.07) is 7.70. The molecule has 14 heteroatoms. The second kappa shape index (κ2) is 12.5. The van der Waals surface area contributed by atoms with Crippen LogP contribution in [0.25, 0.3) is 22.3 Å². The first kappa shape index (κ1) is 32.8. The third-order valence-corrected chi connectivity index (χ3v) is 9.43. The highest BCUT2D eigenvalue weighted by Crippen LogP contribution is 2.41. The molecule has 48 heavy (non-hydrogen) atoms. The van der Waals surface area contributed by atoms with Crippen LogP contribution in [0.3, 0.4) is 0 Å². The van der Waals surface area contributed by atoms with Gasteiger partial charge in [-0.15, -0.1) is 0 Å². The van der Waals surface area contributed by atoms with Crippen molar-refractivity contribution in [3.05, 3.63) is 63.4 Å². The maximum atomic E-state index is 13.9. The number of carbonyl (C=O) groups excluding carboxylic acids is 4. The number of hydrogen-bond acceptors (Lipinski definition) is 10. The van der Waals surface area contributed by atoms with E-state index in [-0.39, 0.29) is 49.2 Å². The van der Waals surface area contributed by atoms with Crippen LogP contribution in [0.2, 0.25) is 0 Å². The monoisotopic (exact) mass is 659 g/mol. The van der Waals surface area contributed by atoms with Gasteiger partial charge in [0.2, 0.25) is 17.4 Å². The third kappa shape index (κ3) is 5.49. The molecule has 0 saturated carbocycles. The molecule has 252 valence electrons. The van der Waals surface area contributed by atoms with Crippen molar-refractivity contribution >= 4 is 40.6 Å². The first-order valence-corrected chi connectivity index (χ1v) is 16.0. The zero-order chi connectivity index (χ0) is 34.5. The molecule has 3 aromatic rings. The Morgan fingerprint density at radius 2 is 1.94 bits per heavy atom. The fraction of sp³-hybridized carbons (Fsp3) is 0.441. The number of fused-ring (bicyclic) bond motifs is 5. The van der Waals surface area contributed by atoms with E-state index in [4.69, 9.17) is 25.3 Å². The first-order valence-electron chi connectivity index (χ1n) is 16.0. The molecule has 3 aliphatic rings. The summed E-state index contributed by atoms with van der Waals surface area (Å²) in [5.74, 6) is -4.82. The fourth-order valence-electron chi connectivity index (χ4n) is 6.86. The number of nitrogens with zero attached hydrogens (tertiary/aromatic N) is 3. The number of carboxylic acid groups (broad SMARTS) is 1. The van der Waals surface area contributed by atoms with Gasteiger partial charge in [-0.1, -0.05) is 39.0 Å². The Bertz CT molecular complexity index is 1920. The number of esters is 2. The van der Waals surface area contributed by atoms with Gasteiger partial charge in [0.05, 0.1) is 41.5 Å². The normalized spacial score (nSPS) is 20.8. The lowest BCUT2D eigenvalue weighted by Gasteiger charge is -2.37. The minimum atomic E-state index is -1.98. The predicted molar refractivity (Wildman–Crippen MR) is 170 cm³/mol. The van der Waals surface area contributed by atoms with E-state index < -0.39 is 65.8 Å². The number of amides is 2. The highest BCUT2D eigenvalue weighted by atomic mass is 16.6. The van der Waals surface area contributed by atoms with Crippen LogP contribution in [0.15, 0.2) is 41.2 Å². The molecule has 0 bridgehead atoms. The molecule has 3 aliphatic heterocycles. The smallest absolute Gasteiger partial charge is 0.355 e. The number of hydrogen-bond donors (Lipinski definition) is 3. The van der Waals surface area contributed by atoms with E-state index in [2.05, 4.69) is 5.32 Å². The van der Waals surface area contributed by atoms with Crippen LogP contribution in [0.1, 0.15) is 63.1 Å². The summed E-state index contributed by atoms with van der Waals surface area (Å²) in [5, 5.41) is 12.7. The molecular weight excluding hydrogens is 622 g/mol. The van der Waals surface area contributed by atoms with Crippen LogP contribution in [-0.2, 0) is 52.2 Å². The molecular formula is C34H37N5O9. The fourth-order valence-corrected chi connectivity index (χ4v) is 6.86. The van der Waals surface area contributed by atoms with Gasteiger partial charge in [-0.05, 0) is 43.4 Å². The first-order chi connectivity index (χ1) is 22.9. The zero-order valence-corrected chi connectivity index (χ0v) is 26.9. The average Bonchev–Trinajstić information content (AvgIpc) is 3.68. The summed E-state index contributed by atoms with van der Waals surface area (Å²) < 4.78 is 13.1. The molecule has 0 unspecified atom stereocenters. The van der Waals surface area contributed by atoms with E-state index in [0.717, 1.165) is 16.5 Å². The van der Waals surface area contributed by atoms with E-state index in [1.165, 1.54) is 4.90 Å². The molecule has 4 atom stereocenters. The molecule has 14 nitrogen and oxygen atoms in total. The number of likely N-dealkylation sites (tertiary alicyclic amines) is 1. The number of cyclic esters (lactones) is 1. The average molecular weight is 660 g/mol. The highest BCUT2D eigenvalue weighted by Gasteiger charge is 2.51. The largest absolute Gasteiger partial charge is 0.481 e. The Labute approximate surface area is 275 Å².